The Bertz CT molecular complexity index is 347. The predicted octanol–water partition coefficient (Wildman–Crippen LogP) is 3.21. The number of esters is 2. The molecule has 0 amide bonds. The number of hydrogen-bond acceptors (Lipinski definition) is 7. The lowest BCUT2D eigenvalue weighted by molar-refractivity contribution is -0.139. The van der Waals surface area contributed by atoms with Gasteiger partial charge in [-0.3, -0.25) is 0 Å². The molecule has 7 heteroatoms. The quantitative estimate of drug-likeness (QED) is 0.214. The number of unbranched alkanes of at least 4 members (excludes halogenated alkanes) is 6. The molecule has 0 fully saturated rings. The molecule has 0 heterocycles. The molecule has 0 spiro atoms. The number of hydrogen-bond donors (Lipinski definition) is 1. The van der Waals surface area contributed by atoms with E-state index in [-0.39, 0.29) is 19.2 Å². The van der Waals surface area contributed by atoms with Crippen LogP contribution in [0.25, 0.3) is 0 Å². The van der Waals surface area contributed by atoms with Gasteiger partial charge in [0.05, 0.1) is 39.6 Å². The fraction of sp³-hybridized carbons (Fsp3) is 0.714. The van der Waals surface area contributed by atoms with Gasteiger partial charge in [-0.05, 0) is 6.42 Å². The van der Waals surface area contributed by atoms with Gasteiger partial charge in [0.25, 0.3) is 0 Å². The molecule has 0 aromatic rings. The second-order valence-electron chi connectivity index (χ2n) is 5.81. The maximum absolute atomic E-state index is 10.6. The van der Waals surface area contributed by atoms with Gasteiger partial charge >= 0.3 is 11.9 Å². The van der Waals surface area contributed by atoms with E-state index in [2.05, 4.69) is 24.8 Å². The van der Waals surface area contributed by atoms with E-state index in [1.54, 1.807) is 0 Å². The van der Waals surface area contributed by atoms with E-state index in [9.17, 15) is 9.59 Å². The third kappa shape index (κ3) is 26.5. The highest BCUT2D eigenvalue weighted by molar-refractivity contribution is 5.81. The summed E-state index contributed by atoms with van der Waals surface area (Å²) >= 11 is 0. The molecule has 7 nitrogen and oxygen atoms in total. The van der Waals surface area contributed by atoms with Crippen molar-refractivity contribution in [3.8, 4) is 0 Å². The Hall–Kier alpha value is -1.70. The van der Waals surface area contributed by atoms with Crippen LogP contribution in [0, 0.1) is 0 Å². The minimum absolute atomic E-state index is 0.0109. The van der Waals surface area contributed by atoms with Crippen LogP contribution < -0.4 is 0 Å². The van der Waals surface area contributed by atoms with Crippen molar-refractivity contribution in [2.45, 2.75) is 51.9 Å². The number of carbonyl (C=O) groups is 2. The number of rotatable bonds is 18. The first-order valence-electron chi connectivity index (χ1n) is 9.97. The molecule has 0 saturated carbocycles. The highest BCUT2D eigenvalue weighted by Crippen LogP contribution is 2.06. The van der Waals surface area contributed by atoms with Crippen LogP contribution in [0.4, 0.5) is 0 Å². The number of ether oxygens (including phenoxy) is 4. The first kappa shape index (κ1) is 28.5. The lowest BCUT2D eigenvalue weighted by Crippen LogP contribution is -2.12. The zero-order chi connectivity index (χ0) is 21.3. The van der Waals surface area contributed by atoms with E-state index in [1.807, 2.05) is 0 Å². The molecule has 0 aromatic carbocycles. The van der Waals surface area contributed by atoms with E-state index >= 15 is 0 Å². The third-order valence-corrected chi connectivity index (χ3v) is 3.41. The molecule has 0 rings (SSSR count). The summed E-state index contributed by atoms with van der Waals surface area (Å²) in [4.78, 5) is 21.2. The second kappa shape index (κ2) is 25.3. The Morgan fingerprint density at radius 1 is 0.714 bits per heavy atom. The van der Waals surface area contributed by atoms with Crippen LogP contribution in [0.2, 0.25) is 0 Å². The molecule has 28 heavy (non-hydrogen) atoms. The van der Waals surface area contributed by atoms with Crippen LogP contribution in [0.1, 0.15) is 51.9 Å². The average Bonchev–Trinajstić information content (AvgIpc) is 2.72. The van der Waals surface area contributed by atoms with Gasteiger partial charge < -0.3 is 24.1 Å². The van der Waals surface area contributed by atoms with E-state index in [4.69, 9.17) is 19.3 Å². The second-order valence-corrected chi connectivity index (χ2v) is 5.81. The van der Waals surface area contributed by atoms with E-state index in [0.717, 1.165) is 18.9 Å². The summed E-state index contributed by atoms with van der Waals surface area (Å²) in [6.45, 7) is 11.1. The van der Waals surface area contributed by atoms with Crippen molar-refractivity contribution in [3.63, 3.8) is 0 Å². The molecule has 0 aliphatic rings. The first-order chi connectivity index (χ1) is 13.6. The first-order valence-corrected chi connectivity index (χ1v) is 9.97. The Labute approximate surface area is 169 Å². The Morgan fingerprint density at radius 2 is 1.18 bits per heavy atom. The minimum Gasteiger partial charge on any atom is -0.463 e. The Kier molecular flexibility index (Phi) is 25.8. The molecule has 0 saturated heterocycles. The Morgan fingerprint density at radius 3 is 1.71 bits per heavy atom. The lowest BCUT2D eigenvalue weighted by atomic mass is 10.1. The monoisotopic (exact) mass is 402 g/mol. The Balaban J connectivity index is 0. The summed E-state index contributed by atoms with van der Waals surface area (Å²) in [5.41, 5.74) is 0. The summed E-state index contributed by atoms with van der Waals surface area (Å²) in [5.74, 6) is -0.763. The standard InChI is InChI=1S/C12H22O2.C9H16O5/c1-3-5-6-7-8-9-10-11-14-12(13)4-2;1-2-9(11)14-8-7-13-6-5-12-4-3-10/h4H,2-3,5-11H2,1H3;2,10H,1,3-8H2. The maximum atomic E-state index is 10.6. The maximum Gasteiger partial charge on any atom is 0.330 e. The summed E-state index contributed by atoms with van der Waals surface area (Å²) in [6.07, 6.45) is 11.0. The van der Waals surface area contributed by atoms with Crippen LogP contribution in [0.3, 0.4) is 0 Å². The van der Waals surface area contributed by atoms with Crippen LogP contribution in [-0.4, -0.2) is 63.3 Å². The summed E-state index contributed by atoms with van der Waals surface area (Å²) in [5, 5.41) is 8.36. The summed E-state index contributed by atoms with van der Waals surface area (Å²) in [7, 11) is 0. The molecule has 164 valence electrons. The van der Waals surface area contributed by atoms with E-state index in [0.29, 0.717) is 33.0 Å². The van der Waals surface area contributed by atoms with Crippen LogP contribution >= 0.6 is 0 Å². The number of aliphatic hydroxyl groups is 1. The van der Waals surface area contributed by atoms with Gasteiger partial charge in [-0.2, -0.15) is 0 Å². The van der Waals surface area contributed by atoms with E-state index in [1.165, 1.54) is 38.2 Å². The normalized spacial score (nSPS) is 9.79. The smallest absolute Gasteiger partial charge is 0.330 e. The van der Waals surface area contributed by atoms with Gasteiger partial charge in [-0.1, -0.05) is 58.6 Å². The molecule has 0 aliphatic carbocycles. The fourth-order valence-electron chi connectivity index (χ4n) is 1.94. The molecule has 0 radical (unpaired) electrons. The fourth-order valence-corrected chi connectivity index (χ4v) is 1.94. The van der Waals surface area contributed by atoms with Gasteiger partial charge in [0, 0.05) is 12.2 Å². The van der Waals surface area contributed by atoms with Crippen LogP contribution in [0.15, 0.2) is 25.3 Å². The molecular weight excluding hydrogens is 364 g/mol. The number of aliphatic hydroxyl groups excluding tert-OH is 1. The topological polar surface area (TPSA) is 91.3 Å². The largest absolute Gasteiger partial charge is 0.463 e. The third-order valence-electron chi connectivity index (χ3n) is 3.41. The van der Waals surface area contributed by atoms with Crippen molar-refractivity contribution in [1.29, 1.82) is 0 Å². The predicted molar refractivity (Wildman–Crippen MR) is 109 cm³/mol. The van der Waals surface area contributed by atoms with Gasteiger partial charge in [0.2, 0.25) is 0 Å². The van der Waals surface area contributed by atoms with Crippen molar-refractivity contribution >= 4 is 11.9 Å². The average molecular weight is 403 g/mol. The zero-order valence-corrected chi connectivity index (χ0v) is 17.4. The van der Waals surface area contributed by atoms with Crippen molar-refractivity contribution < 1.29 is 33.6 Å². The van der Waals surface area contributed by atoms with Crippen molar-refractivity contribution in [3.05, 3.63) is 25.3 Å². The van der Waals surface area contributed by atoms with Gasteiger partial charge in [0.15, 0.2) is 0 Å². The molecular formula is C21H38O7. The molecule has 0 atom stereocenters. The highest BCUT2D eigenvalue weighted by Gasteiger charge is 1.95. The molecule has 0 bridgehead atoms. The molecule has 1 N–H and O–H groups in total. The minimum atomic E-state index is -0.454. The van der Waals surface area contributed by atoms with Crippen molar-refractivity contribution in [2.24, 2.45) is 0 Å². The SMILES string of the molecule is C=CC(=O)OCCCCCCCCC.C=CC(=O)OCCOCCOCCO. The zero-order valence-electron chi connectivity index (χ0n) is 17.4. The molecule has 0 aliphatic heterocycles. The van der Waals surface area contributed by atoms with Gasteiger partial charge in [-0.25, -0.2) is 9.59 Å². The van der Waals surface area contributed by atoms with Crippen LogP contribution in [0.5, 0.6) is 0 Å². The van der Waals surface area contributed by atoms with Crippen molar-refractivity contribution in [2.75, 3.05) is 46.2 Å². The van der Waals surface area contributed by atoms with Crippen molar-refractivity contribution in [1.82, 2.24) is 0 Å². The summed E-state index contributed by atoms with van der Waals surface area (Å²) < 4.78 is 19.5. The van der Waals surface area contributed by atoms with Crippen LogP contribution in [-0.2, 0) is 28.5 Å². The summed E-state index contributed by atoms with van der Waals surface area (Å²) in [6, 6.07) is 0. The van der Waals surface area contributed by atoms with Gasteiger partial charge in [0.1, 0.15) is 6.61 Å². The molecule has 0 aromatic heterocycles. The lowest BCUT2D eigenvalue weighted by Gasteiger charge is -2.04. The molecule has 0 unspecified atom stereocenters. The number of carbonyl (C=O) groups excluding carboxylic acids is 2. The highest BCUT2D eigenvalue weighted by atomic mass is 16.6. The van der Waals surface area contributed by atoms with Gasteiger partial charge in [-0.15, -0.1) is 0 Å². The van der Waals surface area contributed by atoms with E-state index < -0.39 is 5.97 Å².